The lowest BCUT2D eigenvalue weighted by Crippen LogP contribution is -2.28. The fourth-order valence-corrected chi connectivity index (χ4v) is 2.07. The van der Waals surface area contributed by atoms with Gasteiger partial charge in [-0.15, -0.1) is 0 Å². The Bertz CT molecular complexity index is 568. The first-order valence-corrected chi connectivity index (χ1v) is 6.33. The number of hydrogen-bond donors (Lipinski definition) is 1. The highest BCUT2D eigenvalue weighted by Gasteiger charge is 2.30. The Morgan fingerprint density at radius 1 is 1.32 bits per heavy atom. The van der Waals surface area contributed by atoms with Gasteiger partial charge in [0.15, 0.2) is 0 Å². The molecule has 2 nitrogen and oxygen atoms in total. The van der Waals surface area contributed by atoms with Crippen LogP contribution in [0.15, 0.2) is 36.4 Å². The van der Waals surface area contributed by atoms with Crippen LogP contribution in [0.2, 0.25) is 0 Å². The summed E-state index contributed by atoms with van der Waals surface area (Å²) in [5.74, 6) is -1.33. The fraction of sp³-hybridized carbons (Fsp3) is 0.312. The number of allylic oxidation sites excluding steroid dienone is 4. The van der Waals surface area contributed by atoms with E-state index in [4.69, 9.17) is 5.11 Å². The molecule has 0 amide bonds. The highest BCUT2D eigenvalue weighted by Crippen LogP contribution is 2.29. The van der Waals surface area contributed by atoms with Gasteiger partial charge in [0.05, 0.1) is 5.41 Å². The second-order valence-corrected chi connectivity index (χ2v) is 5.26. The van der Waals surface area contributed by atoms with Gasteiger partial charge in [0.25, 0.3) is 0 Å². The van der Waals surface area contributed by atoms with Crippen molar-refractivity contribution >= 4 is 11.5 Å². The lowest BCUT2D eigenvalue weighted by Gasteiger charge is -2.20. The zero-order chi connectivity index (χ0) is 14.0. The number of benzene rings is 1. The van der Waals surface area contributed by atoms with Gasteiger partial charge in [-0.05, 0) is 43.9 Å². The third-order valence-corrected chi connectivity index (χ3v) is 3.53. The van der Waals surface area contributed by atoms with Gasteiger partial charge < -0.3 is 5.11 Å². The first kappa shape index (κ1) is 13.5. The highest BCUT2D eigenvalue weighted by molar-refractivity contribution is 5.81. The molecule has 1 aromatic rings. The summed E-state index contributed by atoms with van der Waals surface area (Å²) in [6, 6.07) is 4.68. The summed E-state index contributed by atoms with van der Waals surface area (Å²) in [7, 11) is 0. The van der Waals surface area contributed by atoms with E-state index in [9.17, 15) is 9.18 Å². The molecule has 100 valence electrons. The van der Waals surface area contributed by atoms with Crippen molar-refractivity contribution in [3.05, 3.63) is 53.4 Å². The predicted molar refractivity (Wildman–Crippen MR) is 73.4 cm³/mol. The summed E-state index contributed by atoms with van der Waals surface area (Å²) in [4.78, 5) is 11.2. The molecule has 0 aromatic heterocycles. The summed E-state index contributed by atoms with van der Waals surface area (Å²) in [5, 5.41) is 9.16. The Morgan fingerprint density at radius 2 is 2.05 bits per heavy atom. The average molecular weight is 260 g/mol. The molecule has 3 heteroatoms. The molecule has 1 aromatic carbocycles. The van der Waals surface area contributed by atoms with Crippen LogP contribution in [0.5, 0.6) is 0 Å². The van der Waals surface area contributed by atoms with Gasteiger partial charge >= 0.3 is 5.97 Å². The minimum absolute atomic E-state index is 0.371. The van der Waals surface area contributed by atoms with E-state index in [0.29, 0.717) is 11.1 Å². The second-order valence-electron chi connectivity index (χ2n) is 5.26. The summed E-state index contributed by atoms with van der Waals surface area (Å²) in [5.41, 5.74) is 0.779. The third kappa shape index (κ3) is 2.60. The van der Waals surface area contributed by atoms with Crippen molar-refractivity contribution in [2.45, 2.75) is 32.1 Å². The van der Waals surface area contributed by atoms with Crippen LogP contribution in [-0.2, 0) is 10.2 Å². The fourth-order valence-electron chi connectivity index (χ4n) is 2.07. The van der Waals surface area contributed by atoms with Crippen LogP contribution in [0.3, 0.4) is 0 Å². The Hall–Kier alpha value is -1.90. The van der Waals surface area contributed by atoms with Crippen molar-refractivity contribution in [3.8, 4) is 0 Å². The molecule has 0 aliphatic heterocycles. The highest BCUT2D eigenvalue weighted by atomic mass is 19.1. The monoisotopic (exact) mass is 260 g/mol. The molecule has 0 saturated heterocycles. The van der Waals surface area contributed by atoms with Crippen LogP contribution in [0.4, 0.5) is 4.39 Å². The largest absolute Gasteiger partial charge is 0.481 e. The maximum atomic E-state index is 14.2. The second kappa shape index (κ2) is 5.00. The molecular formula is C16H17FO2. The Balaban J connectivity index is 2.40. The quantitative estimate of drug-likeness (QED) is 0.894. The van der Waals surface area contributed by atoms with Crippen LogP contribution in [0.1, 0.15) is 37.8 Å². The topological polar surface area (TPSA) is 37.3 Å². The maximum Gasteiger partial charge on any atom is 0.313 e. The molecule has 0 unspecified atom stereocenters. The first-order chi connectivity index (χ1) is 8.93. The zero-order valence-electron chi connectivity index (χ0n) is 11.1. The van der Waals surface area contributed by atoms with Crippen LogP contribution < -0.4 is 0 Å². The number of carboxylic acid groups (broad SMARTS) is 1. The van der Waals surface area contributed by atoms with Crippen molar-refractivity contribution < 1.29 is 14.3 Å². The molecule has 0 radical (unpaired) electrons. The van der Waals surface area contributed by atoms with Crippen LogP contribution in [0.25, 0.3) is 5.57 Å². The van der Waals surface area contributed by atoms with Gasteiger partial charge in [0, 0.05) is 5.56 Å². The number of rotatable bonds is 3. The number of carboxylic acids is 1. The Morgan fingerprint density at radius 3 is 2.58 bits per heavy atom. The van der Waals surface area contributed by atoms with Gasteiger partial charge in [-0.25, -0.2) is 4.39 Å². The van der Waals surface area contributed by atoms with Crippen molar-refractivity contribution in [1.29, 1.82) is 0 Å². The summed E-state index contributed by atoms with van der Waals surface area (Å²) in [6.07, 6.45) is 7.82. The maximum absolute atomic E-state index is 14.2. The normalized spacial score (nSPS) is 15.2. The van der Waals surface area contributed by atoms with Gasteiger partial charge in [-0.3, -0.25) is 4.79 Å². The Labute approximate surface area is 112 Å². The summed E-state index contributed by atoms with van der Waals surface area (Å²) >= 11 is 0. The standard InChI is InChI=1S/C16H17FO2/c1-16(2,15(18)19)12-8-9-13(14(17)10-12)11-6-4-3-5-7-11/h4,6-10H,3,5H2,1-2H3,(H,18,19). The Kier molecular flexibility index (Phi) is 3.56. The van der Waals surface area contributed by atoms with Gasteiger partial charge in [-0.2, -0.15) is 0 Å². The number of carbonyl (C=O) groups is 1. The van der Waals surface area contributed by atoms with Gasteiger partial charge in [-0.1, -0.05) is 30.4 Å². The molecule has 1 aliphatic rings. The van der Waals surface area contributed by atoms with E-state index in [2.05, 4.69) is 0 Å². The summed E-state index contributed by atoms with van der Waals surface area (Å²) in [6.45, 7) is 3.15. The minimum atomic E-state index is -1.09. The molecular weight excluding hydrogens is 243 g/mol. The average Bonchev–Trinajstić information content (AvgIpc) is 2.39. The van der Waals surface area contributed by atoms with E-state index in [1.165, 1.54) is 6.07 Å². The smallest absolute Gasteiger partial charge is 0.313 e. The lowest BCUT2D eigenvalue weighted by molar-refractivity contribution is -0.142. The predicted octanol–water partition coefficient (Wildman–Crippen LogP) is 3.92. The van der Waals surface area contributed by atoms with E-state index >= 15 is 0 Å². The molecule has 0 heterocycles. The van der Waals surface area contributed by atoms with E-state index < -0.39 is 11.4 Å². The van der Waals surface area contributed by atoms with E-state index in [-0.39, 0.29) is 5.82 Å². The minimum Gasteiger partial charge on any atom is -0.481 e. The van der Waals surface area contributed by atoms with E-state index in [0.717, 1.165) is 18.4 Å². The first-order valence-electron chi connectivity index (χ1n) is 6.33. The molecule has 0 spiro atoms. The van der Waals surface area contributed by atoms with Crippen molar-refractivity contribution in [2.75, 3.05) is 0 Å². The van der Waals surface area contributed by atoms with E-state index in [1.54, 1.807) is 26.0 Å². The molecule has 19 heavy (non-hydrogen) atoms. The van der Waals surface area contributed by atoms with Crippen LogP contribution in [-0.4, -0.2) is 11.1 Å². The SMILES string of the molecule is CC(C)(C(=O)O)c1ccc(C2=CCCC=C2)c(F)c1. The van der Waals surface area contributed by atoms with Crippen LogP contribution in [0, 0.1) is 5.82 Å². The van der Waals surface area contributed by atoms with Crippen molar-refractivity contribution in [3.63, 3.8) is 0 Å². The zero-order valence-corrected chi connectivity index (χ0v) is 11.1. The molecule has 1 aliphatic carbocycles. The number of hydrogen-bond acceptors (Lipinski definition) is 1. The number of halogens is 1. The summed E-state index contributed by atoms with van der Waals surface area (Å²) < 4.78 is 14.2. The van der Waals surface area contributed by atoms with Gasteiger partial charge in [0.2, 0.25) is 0 Å². The van der Waals surface area contributed by atoms with Gasteiger partial charge in [0.1, 0.15) is 5.82 Å². The lowest BCUT2D eigenvalue weighted by atomic mass is 9.83. The molecule has 0 bridgehead atoms. The molecule has 0 fully saturated rings. The number of aliphatic carboxylic acids is 1. The van der Waals surface area contributed by atoms with E-state index in [1.807, 2.05) is 18.2 Å². The molecule has 0 saturated carbocycles. The van der Waals surface area contributed by atoms with Crippen LogP contribution >= 0.6 is 0 Å². The molecule has 0 atom stereocenters. The third-order valence-electron chi connectivity index (χ3n) is 3.53. The molecule has 2 rings (SSSR count). The van der Waals surface area contributed by atoms with Crippen molar-refractivity contribution in [2.24, 2.45) is 0 Å². The van der Waals surface area contributed by atoms with Crippen molar-refractivity contribution in [1.82, 2.24) is 0 Å². The molecule has 1 N–H and O–H groups in total.